The van der Waals surface area contributed by atoms with Crippen molar-refractivity contribution in [3.05, 3.63) is 65.5 Å². The van der Waals surface area contributed by atoms with Gasteiger partial charge in [0.25, 0.3) is 0 Å². The summed E-state index contributed by atoms with van der Waals surface area (Å²) in [7, 11) is 1.71. The van der Waals surface area contributed by atoms with Gasteiger partial charge >= 0.3 is 0 Å². The van der Waals surface area contributed by atoms with Crippen LogP contribution in [0.25, 0.3) is 11.4 Å². The number of phenolic OH excluding ortho intramolecular Hbond substituents is 1. The fraction of sp³-hybridized carbons (Fsp3) is 0.318. The number of phenols is 1. The van der Waals surface area contributed by atoms with E-state index in [1.165, 1.54) is 11.3 Å². The summed E-state index contributed by atoms with van der Waals surface area (Å²) in [6, 6.07) is 15.6. The molecule has 0 atom stereocenters. The van der Waals surface area contributed by atoms with Gasteiger partial charge in [0.1, 0.15) is 17.3 Å². The number of aryl methyl sites for hydroxylation is 1. The Bertz CT molecular complexity index is 931. The second-order valence-electron chi connectivity index (χ2n) is 6.91. The summed E-state index contributed by atoms with van der Waals surface area (Å²) in [5.41, 5.74) is 4.71. The van der Waals surface area contributed by atoms with E-state index in [1.807, 2.05) is 30.3 Å². The summed E-state index contributed by atoms with van der Waals surface area (Å²) >= 11 is 0. The van der Waals surface area contributed by atoms with Crippen molar-refractivity contribution in [2.75, 3.05) is 13.7 Å². The number of nitrogens with zero attached hydrogens (tertiary/aromatic N) is 3. The van der Waals surface area contributed by atoms with Crippen molar-refractivity contribution in [1.82, 2.24) is 14.5 Å². The second kappa shape index (κ2) is 7.45. The van der Waals surface area contributed by atoms with Gasteiger partial charge in [-0.1, -0.05) is 31.2 Å². The molecule has 1 aromatic heterocycles. The Morgan fingerprint density at radius 2 is 1.85 bits per heavy atom. The van der Waals surface area contributed by atoms with Crippen molar-refractivity contribution in [1.29, 1.82) is 0 Å². The maximum Gasteiger partial charge on any atom is 0.144 e. The molecule has 0 aliphatic carbocycles. The average Bonchev–Trinajstić information content (AvgIpc) is 3.07. The number of imidazole rings is 1. The number of hydrogen-bond acceptors (Lipinski definition) is 4. The standard InChI is InChI=1S/C22H25N3O2/c1-3-19-20-15-24(14-16-8-10-17(26)11-9-16)12-13-25(20)22(23-19)18-6-4-5-7-21(18)27-2/h4-11,26H,3,12-15H2,1-2H3. The highest BCUT2D eigenvalue weighted by atomic mass is 16.5. The smallest absolute Gasteiger partial charge is 0.144 e. The van der Waals surface area contributed by atoms with Crippen LogP contribution in [0, 0.1) is 0 Å². The minimum Gasteiger partial charge on any atom is -0.508 e. The Labute approximate surface area is 159 Å². The van der Waals surface area contributed by atoms with E-state index in [1.54, 1.807) is 19.2 Å². The van der Waals surface area contributed by atoms with E-state index in [0.717, 1.165) is 55.4 Å². The second-order valence-corrected chi connectivity index (χ2v) is 6.91. The van der Waals surface area contributed by atoms with Crippen LogP contribution in [-0.2, 0) is 26.1 Å². The molecular weight excluding hydrogens is 338 g/mol. The SMILES string of the molecule is CCc1nc(-c2ccccc2OC)n2c1CN(Cc1ccc(O)cc1)CC2. The van der Waals surface area contributed by atoms with Gasteiger partial charge in [0.05, 0.1) is 24.1 Å². The number of fused-ring (bicyclic) bond motifs is 1. The van der Waals surface area contributed by atoms with E-state index in [2.05, 4.69) is 22.5 Å². The van der Waals surface area contributed by atoms with Crippen molar-refractivity contribution < 1.29 is 9.84 Å². The molecule has 5 heteroatoms. The van der Waals surface area contributed by atoms with Crippen LogP contribution in [-0.4, -0.2) is 33.2 Å². The number of benzene rings is 2. The molecule has 140 valence electrons. The molecule has 1 aliphatic heterocycles. The summed E-state index contributed by atoms with van der Waals surface area (Å²) in [6.45, 7) is 5.79. The quantitative estimate of drug-likeness (QED) is 0.748. The summed E-state index contributed by atoms with van der Waals surface area (Å²) in [6.07, 6.45) is 0.914. The molecular formula is C22H25N3O2. The molecule has 1 N–H and O–H groups in total. The largest absolute Gasteiger partial charge is 0.508 e. The van der Waals surface area contributed by atoms with Gasteiger partial charge in [0.2, 0.25) is 0 Å². The van der Waals surface area contributed by atoms with Crippen LogP contribution in [0.2, 0.25) is 0 Å². The van der Waals surface area contributed by atoms with Gasteiger partial charge in [-0.25, -0.2) is 4.98 Å². The third-order valence-electron chi connectivity index (χ3n) is 5.19. The van der Waals surface area contributed by atoms with Crippen LogP contribution in [0.1, 0.15) is 23.9 Å². The number of rotatable bonds is 5. The lowest BCUT2D eigenvalue weighted by atomic mass is 10.1. The predicted octanol–water partition coefficient (Wildman–Crippen LogP) is 3.84. The zero-order chi connectivity index (χ0) is 18.8. The molecule has 3 aromatic rings. The summed E-state index contributed by atoms with van der Waals surface area (Å²) in [4.78, 5) is 7.40. The minimum absolute atomic E-state index is 0.310. The monoisotopic (exact) mass is 363 g/mol. The molecule has 27 heavy (non-hydrogen) atoms. The Morgan fingerprint density at radius 1 is 1.07 bits per heavy atom. The Kier molecular flexibility index (Phi) is 4.86. The van der Waals surface area contributed by atoms with Crippen LogP contribution in [0.4, 0.5) is 0 Å². The van der Waals surface area contributed by atoms with Gasteiger partial charge in [-0.2, -0.15) is 0 Å². The zero-order valence-electron chi connectivity index (χ0n) is 15.9. The van der Waals surface area contributed by atoms with E-state index >= 15 is 0 Å². The van der Waals surface area contributed by atoms with E-state index in [9.17, 15) is 5.11 Å². The van der Waals surface area contributed by atoms with Crippen molar-refractivity contribution in [2.45, 2.75) is 33.0 Å². The molecule has 4 rings (SSSR count). The van der Waals surface area contributed by atoms with Crippen molar-refractivity contribution in [3.8, 4) is 22.9 Å². The first-order valence-electron chi connectivity index (χ1n) is 9.41. The lowest BCUT2D eigenvalue weighted by Crippen LogP contribution is -2.33. The van der Waals surface area contributed by atoms with Gasteiger partial charge in [0.15, 0.2) is 0 Å². The summed E-state index contributed by atoms with van der Waals surface area (Å²) < 4.78 is 7.91. The van der Waals surface area contributed by atoms with E-state index < -0.39 is 0 Å². The van der Waals surface area contributed by atoms with Gasteiger partial charge in [-0.3, -0.25) is 4.90 Å². The highest BCUT2D eigenvalue weighted by Gasteiger charge is 2.25. The van der Waals surface area contributed by atoms with E-state index in [-0.39, 0.29) is 0 Å². The Hall–Kier alpha value is -2.79. The minimum atomic E-state index is 0.310. The van der Waals surface area contributed by atoms with E-state index in [0.29, 0.717) is 5.75 Å². The maximum atomic E-state index is 9.48. The van der Waals surface area contributed by atoms with Gasteiger partial charge in [-0.15, -0.1) is 0 Å². The van der Waals surface area contributed by atoms with Crippen molar-refractivity contribution >= 4 is 0 Å². The number of ether oxygens (including phenoxy) is 1. The van der Waals surface area contributed by atoms with E-state index in [4.69, 9.17) is 9.72 Å². The molecule has 2 heterocycles. The van der Waals surface area contributed by atoms with Gasteiger partial charge in [0, 0.05) is 26.2 Å². The first-order chi connectivity index (χ1) is 13.2. The van der Waals surface area contributed by atoms with Crippen LogP contribution in [0.15, 0.2) is 48.5 Å². The molecule has 0 saturated heterocycles. The van der Waals surface area contributed by atoms with Crippen LogP contribution < -0.4 is 4.74 Å². The zero-order valence-corrected chi connectivity index (χ0v) is 15.9. The highest BCUT2D eigenvalue weighted by Crippen LogP contribution is 2.33. The molecule has 5 nitrogen and oxygen atoms in total. The molecule has 0 bridgehead atoms. The lowest BCUT2D eigenvalue weighted by molar-refractivity contribution is 0.213. The third-order valence-corrected chi connectivity index (χ3v) is 5.19. The number of hydrogen-bond donors (Lipinski definition) is 1. The van der Waals surface area contributed by atoms with Crippen LogP contribution in [0.5, 0.6) is 11.5 Å². The molecule has 0 fully saturated rings. The summed E-state index contributed by atoms with van der Waals surface area (Å²) in [5, 5.41) is 9.48. The predicted molar refractivity (Wildman–Crippen MR) is 106 cm³/mol. The number of aromatic nitrogens is 2. The maximum absolute atomic E-state index is 9.48. The number of aromatic hydroxyl groups is 1. The van der Waals surface area contributed by atoms with Crippen molar-refractivity contribution in [3.63, 3.8) is 0 Å². The third kappa shape index (κ3) is 3.43. The molecule has 0 radical (unpaired) electrons. The number of para-hydroxylation sites is 1. The van der Waals surface area contributed by atoms with Crippen LogP contribution >= 0.6 is 0 Å². The summed E-state index contributed by atoms with van der Waals surface area (Å²) in [5.74, 6) is 2.17. The first-order valence-corrected chi connectivity index (χ1v) is 9.41. The molecule has 1 aliphatic rings. The molecule has 0 unspecified atom stereocenters. The number of methoxy groups -OCH3 is 1. The molecule has 0 saturated carbocycles. The first kappa shape index (κ1) is 17.6. The molecule has 0 amide bonds. The van der Waals surface area contributed by atoms with Gasteiger partial charge < -0.3 is 14.4 Å². The normalized spacial score (nSPS) is 14.1. The fourth-order valence-corrected chi connectivity index (χ4v) is 3.80. The lowest BCUT2D eigenvalue weighted by Gasteiger charge is -2.29. The molecule has 0 spiro atoms. The average molecular weight is 363 g/mol. The Balaban J connectivity index is 1.64. The topological polar surface area (TPSA) is 50.5 Å². The molecule has 2 aromatic carbocycles. The van der Waals surface area contributed by atoms with Gasteiger partial charge in [-0.05, 0) is 36.2 Å². The van der Waals surface area contributed by atoms with Crippen molar-refractivity contribution in [2.24, 2.45) is 0 Å². The fourth-order valence-electron chi connectivity index (χ4n) is 3.80. The Morgan fingerprint density at radius 3 is 2.59 bits per heavy atom. The highest BCUT2D eigenvalue weighted by molar-refractivity contribution is 5.65. The van der Waals surface area contributed by atoms with Crippen LogP contribution in [0.3, 0.4) is 0 Å².